The van der Waals surface area contributed by atoms with E-state index in [-0.39, 0.29) is 0 Å². The molecule has 0 aliphatic heterocycles. The number of carbonyl (C=O) groups is 2. The fraction of sp³-hybridized carbons (Fsp3) is 0.714. The number of carbonyl (C=O) groups excluding carboxylic acids is 2. The van der Waals surface area contributed by atoms with E-state index in [1.165, 1.54) is 12.0 Å². The van der Waals surface area contributed by atoms with Gasteiger partial charge in [0.1, 0.15) is 11.6 Å². The number of unbranched alkanes of at least 4 members (excludes halogenated alkanes) is 1. The Balaban J connectivity index is 4.69. The van der Waals surface area contributed by atoms with Crippen LogP contribution in [0.3, 0.4) is 0 Å². The highest BCUT2D eigenvalue weighted by molar-refractivity contribution is 5.81. The third-order valence-electron chi connectivity index (χ3n) is 2.51. The summed E-state index contributed by atoms with van der Waals surface area (Å²) in [7, 11) is 2.86. The van der Waals surface area contributed by atoms with Crippen molar-refractivity contribution >= 4 is 12.1 Å². The van der Waals surface area contributed by atoms with E-state index in [4.69, 9.17) is 9.47 Å². The van der Waals surface area contributed by atoms with Crippen LogP contribution in [0.4, 0.5) is 4.79 Å². The molecule has 0 aliphatic carbocycles. The van der Waals surface area contributed by atoms with Crippen molar-refractivity contribution in [3.05, 3.63) is 12.7 Å². The van der Waals surface area contributed by atoms with Crippen molar-refractivity contribution in [2.24, 2.45) is 0 Å². The average molecular weight is 271 g/mol. The Kier molecular flexibility index (Phi) is 7.19. The first-order valence-electron chi connectivity index (χ1n) is 6.37. The number of esters is 1. The lowest BCUT2D eigenvalue weighted by Crippen LogP contribution is -2.45. The molecule has 1 amide bonds. The predicted molar refractivity (Wildman–Crippen MR) is 73.8 cm³/mol. The second-order valence-corrected chi connectivity index (χ2v) is 5.35. The molecule has 0 unspecified atom stereocenters. The molecule has 110 valence electrons. The first-order valence-corrected chi connectivity index (χ1v) is 6.37. The molecule has 0 aromatic heterocycles. The Morgan fingerprint density at radius 3 is 2.37 bits per heavy atom. The molecular weight excluding hydrogens is 246 g/mol. The minimum absolute atomic E-state index is 0.433. The van der Waals surface area contributed by atoms with Gasteiger partial charge >= 0.3 is 12.1 Å². The van der Waals surface area contributed by atoms with Crippen LogP contribution in [0.15, 0.2) is 12.7 Å². The summed E-state index contributed by atoms with van der Waals surface area (Å²) in [6.45, 7) is 8.97. The van der Waals surface area contributed by atoms with E-state index in [2.05, 4.69) is 6.58 Å². The third kappa shape index (κ3) is 6.84. The van der Waals surface area contributed by atoms with E-state index in [9.17, 15) is 9.59 Å². The molecule has 0 rings (SSSR count). The van der Waals surface area contributed by atoms with Gasteiger partial charge in [0.15, 0.2) is 0 Å². The SMILES string of the molecule is C=CCCC[C@@H](C(=O)OC)N(C)C(=O)OC(C)(C)C. The van der Waals surface area contributed by atoms with Crippen molar-refractivity contribution in [1.29, 1.82) is 0 Å². The van der Waals surface area contributed by atoms with Gasteiger partial charge in [0.05, 0.1) is 7.11 Å². The Labute approximate surface area is 115 Å². The zero-order chi connectivity index (χ0) is 15.1. The summed E-state index contributed by atoms with van der Waals surface area (Å²) >= 11 is 0. The molecule has 0 radical (unpaired) electrons. The van der Waals surface area contributed by atoms with Gasteiger partial charge in [0.25, 0.3) is 0 Å². The molecule has 0 heterocycles. The van der Waals surface area contributed by atoms with Gasteiger partial charge in [0.2, 0.25) is 0 Å². The first-order chi connectivity index (χ1) is 8.72. The summed E-state index contributed by atoms with van der Waals surface area (Å²) in [6.07, 6.45) is 3.32. The summed E-state index contributed by atoms with van der Waals surface area (Å²) in [6, 6.07) is -0.625. The fourth-order valence-electron chi connectivity index (χ4n) is 1.52. The number of methoxy groups -OCH3 is 1. The van der Waals surface area contributed by atoms with Crippen LogP contribution in [0.25, 0.3) is 0 Å². The highest BCUT2D eigenvalue weighted by Crippen LogP contribution is 2.14. The van der Waals surface area contributed by atoms with Gasteiger partial charge in [-0.3, -0.25) is 4.90 Å². The second-order valence-electron chi connectivity index (χ2n) is 5.35. The van der Waals surface area contributed by atoms with Crippen LogP contribution < -0.4 is 0 Å². The molecule has 0 spiro atoms. The van der Waals surface area contributed by atoms with Crippen molar-refractivity contribution in [3.63, 3.8) is 0 Å². The molecule has 0 N–H and O–H groups in total. The number of likely N-dealkylation sites (N-methyl/N-ethyl adjacent to an activating group) is 1. The van der Waals surface area contributed by atoms with E-state index < -0.39 is 23.7 Å². The van der Waals surface area contributed by atoms with Gasteiger partial charge in [-0.2, -0.15) is 0 Å². The molecule has 5 heteroatoms. The van der Waals surface area contributed by atoms with Gasteiger partial charge in [-0.05, 0) is 40.0 Å². The van der Waals surface area contributed by atoms with Crippen LogP contribution in [0, 0.1) is 0 Å². The molecule has 0 aromatic rings. The lowest BCUT2D eigenvalue weighted by molar-refractivity contribution is -0.146. The average Bonchev–Trinajstić information content (AvgIpc) is 2.31. The third-order valence-corrected chi connectivity index (χ3v) is 2.51. The monoisotopic (exact) mass is 271 g/mol. The maximum atomic E-state index is 11.9. The molecule has 0 aliphatic rings. The molecule has 0 saturated carbocycles. The van der Waals surface area contributed by atoms with Gasteiger partial charge in [0, 0.05) is 7.05 Å². The molecule has 0 bridgehead atoms. The van der Waals surface area contributed by atoms with E-state index in [0.29, 0.717) is 6.42 Å². The maximum Gasteiger partial charge on any atom is 0.410 e. The Morgan fingerprint density at radius 1 is 1.37 bits per heavy atom. The molecule has 19 heavy (non-hydrogen) atoms. The van der Waals surface area contributed by atoms with Gasteiger partial charge in [-0.25, -0.2) is 9.59 Å². The van der Waals surface area contributed by atoms with Gasteiger partial charge in [-0.15, -0.1) is 6.58 Å². The maximum absolute atomic E-state index is 11.9. The summed E-state index contributed by atoms with van der Waals surface area (Å²) in [4.78, 5) is 24.9. The summed E-state index contributed by atoms with van der Waals surface area (Å²) in [5.74, 6) is -0.433. The van der Waals surface area contributed by atoms with Crippen LogP contribution in [-0.2, 0) is 14.3 Å². The number of amides is 1. The van der Waals surface area contributed by atoms with Gasteiger partial charge in [-0.1, -0.05) is 6.08 Å². The molecule has 0 aromatic carbocycles. The normalized spacial score (nSPS) is 12.5. The lowest BCUT2D eigenvalue weighted by Gasteiger charge is -2.29. The van der Waals surface area contributed by atoms with E-state index in [0.717, 1.165) is 12.8 Å². The number of hydrogen-bond acceptors (Lipinski definition) is 4. The lowest BCUT2D eigenvalue weighted by atomic mass is 10.1. The van der Waals surface area contributed by atoms with Crippen molar-refractivity contribution in [3.8, 4) is 0 Å². The van der Waals surface area contributed by atoms with Crippen LogP contribution in [-0.4, -0.2) is 42.8 Å². The Morgan fingerprint density at radius 2 is 1.95 bits per heavy atom. The molecular formula is C14H25NO4. The van der Waals surface area contributed by atoms with Crippen molar-refractivity contribution in [2.45, 2.75) is 51.7 Å². The first kappa shape index (κ1) is 17.5. The Hall–Kier alpha value is -1.52. The standard InChI is InChI=1S/C14H25NO4/c1-7-8-9-10-11(12(16)18-6)15(5)13(17)19-14(2,3)4/h7,11H,1,8-10H2,2-6H3/t11-/m0/s1. The molecule has 0 saturated heterocycles. The topological polar surface area (TPSA) is 55.8 Å². The summed E-state index contributed by atoms with van der Waals surface area (Å²) in [5, 5.41) is 0. The zero-order valence-electron chi connectivity index (χ0n) is 12.6. The molecule has 0 fully saturated rings. The minimum atomic E-state index is -0.625. The van der Waals surface area contributed by atoms with Crippen LogP contribution in [0.5, 0.6) is 0 Å². The molecule has 1 atom stereocenters. The highest BCUT2D eigenvalue weighted by Gasteiger charge is 2.30. The van der Waals surface area contributed by atoms with Crippen molar-refractivity contribution in [1.82, 2.24) is 4.90 Å². The minimum Gasteiger partial charge on any atom is -0.467 e. The number of allylic oxidation sites excluding steroid dienone is 1. The van der Waals surface area contributed by atoms with E-state index in [1.54, 1.807) is 33.9 Å². The smallest absolute Gasteiger partial charge is 0.410 e. The number of ether oxygens (including phenoxy) is 2. The fourth-order valence-corrected chi connectivity index (χ4v) is 1.52. The quantitative estimate of drug-likeness (QED) is 0.423. The van der Waals surface area contributed by atoms with E-state index >= 15 is 0 Å². The van der Waals surface area contributed by atoms with E-state index in [1.807, 2.05) is 0 Å². The predicted octanol–water partition coefficient (Wildman–Crippen LogP) is 2.75. The molecule has 5 nitrogen and oxygen atoms in total. The van der Waals surface area contributed by atoms with Crippen LogP contribution in [0.1, 0.15) is 40.0 Å². The second kappa shape index (κ2) is 7.81. The van der Waals surface area contributed by atoms with Crippen LogP contribution >= 0.6 is 0 Å². The highest BCUT2D eigenvalue weighted by atomic mass is 16.6. The van der Waals surface area contributed by atoms with Gasteiger partial charge < -0.3 is 9.47 Å². The van der Waals surface area contributed by atoms with Crippen molar-refractivity contribution < 1.29 is 19.1 Å². The largest absolute Gasteiger partial charge is 0.467 e. The number of hydrogen-bond donors (Lipinski definition) is 0. The number of rotatable bonds is 6. The van der Waals surface area contributed by atoms with Crippen molar-refractivity contribution in [2.75, 3.05) is 14.2 Å². The summed E-state index contributed by atoms with van der Waals surface area (Å²) < 4.78 is 9.97. The van der Waals surface area contributed by atoms with Crippen LogP contribution in [0.2, 0.25) is 0 Å². The Bertz CT molecular complexity index is 320. The number of nitrogens with zero attached hydrogens (tertiary/aromatic N) is 1. The zero-order valence-corrected chi connectivity index (χ0v) is 12.6. The summed E-state index contributed by atoms with van der Waals surface area (Å²) in [5.41, 5.74) is -0.590.